The molecular weight excluding hydrogens is 314 g/mol. The fraction of sp³-hybridized carbons (Fsp3) is 0.312. The van der Waals surface area contributed by atoms with Crippen LogP contribution in [-0.2, 0) is 21.3 Å². The molecule has 7 heteroatoms. The fourth-order valence-corrected chi connectivity index (χ4v) is 3.28. The number of nitrogens with zero attached hydrogens (tertiary/aromatic N) is 2. The number of ether oxygens (including phenoxy) is 1. The second-order valence-electron chi connectivity index (χ2n) is 5.45. The quantitative estimate of drug-likeness (QED) is 0.881. The molecule has 1 aromatic carbocycles. The van der Waals surface area contributed by atoms with Gasteiger partial charge in [-0.05, 0) is 24.5 Å². The summed E-state index contributed by atoms with van der Waals surface area (Å²) in [6.07, 6.45) is 6.98. The van der Waals surface area contributed by atoms with Gasteiger partial charge in [-0.25, -0.2) is 8.42 Å². The minimum atomic E-state index is -3.56. The van der Waals surface area contributed by atoms with E-state index in [-0.39, 0.29) is 6.10 Å². The summed E-state index contributed by atoms with van der Waals surface area (Å²) in [5.41, 5.74) is 1.27. The van der Waals surface area contributed by atoms with E-state index in [1.54, 1.807) is 17.0 Å². The van der Waals surface area contributed by atoms with Crippen LogP contribution in [0, 0.1) is 0 Å². The minimum absolute atomic E-state index is 0.164. The molecule has 0 saturated carbocycles. The van der Waals surface area contributed by atoms with Crippen molar-refractivity contribution in [1.82, 2.24) is 9.78 Å². The highest BCUT2D eigenvalue weighted by atomic mass is 32.2. The summed E-state index contributed by atoms with van der Waals surface area (Å²) < 4.78 is 33.9. The molecular formula is C16H19N3O3S. The minimum Gasteiger partial charge on any atom is -0.376 e. The lowest BCUT2D eigenvalue weighted by molar-refractivity contribution is 0.0940. The average molecular weight is 333 g/mol. The molecule has 6 nitrogen and oxygen atoms in total. The molecule has 1 N–H and O–H groups in total. The average Bonchev–Trinajstić information content (AvgIpc) is 3.19. The van der Waals surface area contributed by atoms with E-state index in [0.29, 0.717) is 12.2 Å². The zero-order chi connectivity index (χ0) is 16.1. The van der Waals surface area contributed by atoms with Crippen molar-refractivity contribution in [3.05, 3.63) is 53.7 Å². The van der Waals surface area contributed by atoms with Crippen LogP contribution in [-0.4, -0.2) is 30.9 Å². The summed E-state index contributed by atoms with van der Waals surface area (Å²) >= 11 is 0. The topological polar surface area (TPSA) is 73.2 Å². The predicted octanol–water partition coefficient (Wildman–Crippen LogP) is 2.47. The summed E-state index contributed by atoms with van der Waals surface area (Å²) in [5, 5.41) is 5.32. The van der Waals surface area contributed by atoms with E-state index in [2.05, 4.69) is 9.82 Å². The molecule has 122 valence electrons. The van der Waals surface area contributed by atoms with Crippen molar-refractivity contribution in [2.75, 3.05) is 11.3 Å². The van der Waals surface area contributed by atoms with Crippen LogP contribution in [0.5, 0.6) is 0 Å². The van der Waals surface area contributed by atoms with Crippen LogP contribution in [0.2, 0.25) is 0 Å². The van der Waals surface area contributed by atoms with Gasteiger partial charge in [0.25, 0.3) is 10.0 Å². The van der Waals surface area contributed by atoms with Gasteiger partial charge < -0.3 is 4.74 Å². The van der Waals surface area contributed by atoms with Crippen molar-refractivity contribution in [3.63, 3.8) is 0 Å². The van der Waals surface area contributed by atoms with Crippen LogP contribution >= 0.6 is 0 Å². The molecule has 1 fully saturated rings. The van der Waals surface area contributed by atoms with Crippen molar-refractivity contribution >= 4 is 21.8 Å². The summed E-state index contributed by atoms with van der Waals surface area (Å²) in [5.74, 6) is 0. The van der Waals surface area contributed by atoms with Gasteiger partial charge in [0.05, 0.1) is 29.9 Å². The van der Waals surface area contributed by atoms with Gasteiger partial charge in [-0.15, -0.1) is 0 Å². The third kappa shape index (κ3) is 4.67. The Morgan fingerprint density at radius 3 is 2.91 bits per heavy atom. The third-order valence-corrected chi connectivity index (χ3v) is 4.56. The van der Waals surface area contributed by atoms with E-state index in [4.69, 9.17) is 4.74 Å². The number of benzene rings is 1. The molecule has 2 aromatic rings. The Bertz CT molecular complexity index is 763. The van der Waals surface area contributed by atoms with Crippen LogP contribution in [0.1, 0.15) is 18.4 Å². The molecule has 0 aliphatic carbocycles. The Hall–Kier alpha value is -2.12. The van der Waals surface area contributed by atoms with E-state index >= 15 is 0 Å². The summed E-state index contributed by atoms with van der Waals surface area (Å²) in [4.78, 5) is 0. The molecule has 0 radical (unpaired) electrons. The first-order valence-corrected chi connectivity index (χ1v) is 9.05. The molecule has 1 aliphatic rings. The Balaban J connectivity index is 1.61. The van der Waals surface area contributed by atoms with Crippen molar-refractivity contribution in [2.24, 2.45) is 0 Å². The van der Waals surface area contributed by atoms with Gasteiger partial charge in [0.1, 0.15) is 0 Å². The number of hydrogen-bond acceptors (Lipinski definition) is 4. The lowest BCUT2D eigenvalue weighted by atomic mass is 10.2. The van der Waals surface area contributed by atoms with Crippen LogP contribution < -0.4 is 4.72 Å². The van der Waals surface area contributed by atoms with Crippen molar-refractivity contribution in [2.45, 2.75) is 25.5 Å². The van der Waals surface area contributed by atoms with Gasteiger partial charge in [-0.1, -0.05) is 30.3 Å². The van der Waals surface area contributed by atoms with Crippen LogP contribution in [0.25, 0.3) is 6.08 Å². The first-order valence-electron chi connectivity index (χ1n) is 7.51. The zero-order valence-electron chi connectivity index (χ0n) is 12.6. The van der Waals surface area contributed by atoms with E-state index in [1.807, 2.05) is 30.3 Å². The summed E-state index contributed by atoms with van der Waals surface area (Å²) in [6, 6.07) is 9.27. The SMILES string of the molecule is O=S(=O)(/C=C\c1ccccc1)Nc1cnn(C[C@H]2CCCO2)c1. The molecule has 1 aromatic heterocycles. The molecule has 3 rings (SSSR count). The van der Waals surface area contributed by atoms with Gasteiger partial charge in [-0.3, -0.25) is 9.40 Å². The Labute approximate surface area is 135 Å². The number of hydrogen-bond donors (Lipinski definition) is 1. The molecule has 2 heterocycles. The first-order chi connectivity index (χ1) is 11.1. The van der Waals surface area contributed by atoms with E-state index in [1.165, 1.54) is 6.20 Å². The number of nitrogens with one attached hydrogen (secondary N) is 1. The van der Waals surface area contributed by atoms with E-state index < -0.39 is 10.0 Å². The highest BCUT2D eigenvalue weighted by molar-refractivity contribution is 7.95. The molecule has 0 unspecified atom stereocenters. The summed E-state index contributed by atoms with van der Waals surface area (Å²) in [7, 11) is -3.56. The van der Waals surface area contributed by atoms with E-state index in [0.717, 1.165) is 30.4 Å². The van der Waals surface area contributed by atoms with Gasteiger partial charge >= 0.3 is 0 Å². The van der Waals surface area contributed by atoms with Crippen LogP contribution in [0.15, 0.2) is 48.1 Å². The monoisotopic (exact) mass is 333 g/mol. The van der Waals surface area contributed by atoms with Crippen molar-refractivity contribution in [3.8, 4) is 0 Å². The largest absolute Gasteiger partial charge is 0.376 e. The van der Waals surface area contributed by atoms with Crippen LogP contribution in [0.4, 0.5) is 5.69 Å². The Morgan fingerprint density at radius 1 is 1.35 bits per heavy atom. The molecule has 0 bridgehead atoms. The number of rotatable bonds is 6. The highest BCUT2D eigenvalue weighted by Crippen LogP contribution is 2.15. The second kappa shape index (κ2) is 6.97. The van der Waals surface area contributed by atoms with Gasteiger partial charge in [0.2, 0.25) is 0 Å². The lowest BCUT2D eigenvalue weighted by Gasteiger charge is -2.08. The maximum absolute atomic E-state index is 12.1. The molecule has 1 saturated heterocycles. The fourth-order valence-electron chi connectivity index (χ4n) is 2.44. The van der Waals surface area contributed by atoms with Gasteiger partial charge in [-0.2, -0.15) is 5.10 Å². The molecule has 1 atom stereocenters. The van der Waals surface area contributed by atoms with Crippen LogP contribution in [0.3, 0.4) is 0 Å². The second-order valence-corrected chi connectivity index (χ2v) is 7.01. The lowest BCUT2D eigenvalue weighted by Crippen LogP contribution is -2.15. The maximum atomic E-state index is 12.1. The highest BCUT2D eigenvalue weighted by Gasteiger charge is 2.16. The smallest absolute Gasteiger partial charge is 0.255 e. The van der Waals surface area contributed by atoms with Crippen molar-refractivity contribution in [1.29, 1.82) is 0 Å². The predicted molar refractivity (Wildman–Crippen MR) is 89.2 cm³/mol. The van der Waals surface area contributed by atoms with E-state index in [9.17, 15) is 8.42 Å². The molecule has 0 amide bonds. The normalized spacial score (nSPS) is 18.5. The first kappa shape index (κ1) is 15.8. The number of sulfonamides is 1. The molecule has 1 aliphatic heterocycles. The third-order valence-electron chi connectivity index (χ3n) is 3.55. The van der Waals surface area contributed by atoms with Gasteiger partial charge in [0, 0.05) is 12.8 Å². The number of anilines is 1. The standard InChI is InChI=1S/C16H19N3O3S/c20-23(21,10-8-14-5-2-1-3-6-14)18-15-11-17-19(12-15)13-16-7-4-9-22-16/h1-3,5-6,8,10-12,16,18H,4,7,9,13H2/b10-8-/t16-/m1/s1. The maximum Gasteiger partial charge on any atom is 0.255 e. The van der Waals surface area contributed by atoms with Gasteiger partial charge in [0.15, 0.2) is 0 Å². The molecule has 23 heavy (non-hydrogen) atoms. The number of aromatic nitrogens is 2. The Morgan fingerprint density at radius 2 is 2.17 bits per heavy atom. The Kier molecular flexibility index (Phi) is 4.78. The van der Waals surface area contributed by atoms with Crippen molar-refractivity contribution < 1.29 is 13.2 Å². The summed E-state index contributed by atoms with van der Waals surface area (Å²) in [6.45, 7) is 1.43. The zero-order valence-corrected chi connectivity index (χ0v) is 13.4. The molecule has 0 spiro atoms.